The number of hydrogen-bond acceptors (Lipinski definition) is 6. The zero-order valence-electron chi connectivity index (χ0n) is 21.7. The van der Waals surface area contributed by atoms with Gasteiger partial charge in [-0.3, -0.25) is 14.4 Å². The summed E-state index contributed by atoms with van der Waals surface area (Å²) in [6, 6.07) is 9.35. The highest BCUT2D eigenvalue weighted by molar-refractivity contribution is 7.89. The summed E-state index contributed by atoms with van der Waals surface area (Å²) in [6.45, 7) is 9.55. The van der Waals surface area contributed by atoms with Gasteiger partial charge >= 0.3 is 0 Å². The lowest BCUT2D eigenvalue weighted by Gasteiger charge is -2.39. The van der Waals surface area contributed by atoms with Gasteiger partial charge in [0, 0.05) is 55.2 Å². The maximum atomic E-state index is 13.3. The van der Waals surface area contributed by atoms with Crippen molar-refractivity contribution in [3.05, 3.63) is 30.0 Å². The van der Waals surface area contributed by atoms with Crippen molar-refractivity contribution in [3.8, 4) is 0 Å². The molecule has 4 atom stereocenters. The smallest absolute Gasteiger partial charge is 0.272 e. The minimum Gasteiger partial charge on any atom is -0.348 e. The molecule has 0 saturated carbocycles. The molecule has 1 unspecified atom stereocenters. The summed E-state index contributed by atoms with van der Waals surface area (Å²) in [7, 11) is -3.15. The molecule has 3 aliphatic heterocycles. The summed E-state index contributed by atoms with van der Waals surface area (Å²) in [5.41, 5.74) is 1.52. The lowest BCUT2D eigenvalue weighted by molar-refractivity contribution is 0.0817. The number of nitrogens with zero attached hydrogens (tertiary/aromatic N) is 4. The third kappa shape index (κ3) is 5.32. The molecule has 4 heterocycles. The van der Waals surface area contributed by atoms with Gasteiger partial charge in [0.05, 0.1) is 11.3 Å². The van der Waals surface area contributed by atoms with Crippen LogP contribution < -0.4 is 10.0 Å². The van der Waals surface area contributed by atoms with E-state index < -0.39 is 10.0 Å². The summed E-state index contributed by atoms with van der Waals surface area (Å²) >= 11 is 0. The van der Waals surface area contributed by atoms with E-state index in [2.05, 4.69) is 38.8 Å². The SMILES string of the molecule is CCS(=O)(=O)N[C@@H]1CCN(CCN2[C@@H]3CC[C@H]2CC(NC(=O)c2nn(C(C)C)c4ccccc24)C3)C1. The van der Waals surface area contributed by atoms with E-state index in [1.807, 2.05) is 28.9 Å². The summed E-state index contributed by atoms with van der Waals surface area (Å²) in [5, 5.41) is 8.90. The minimum atomic E-state index is -3.15. The first-order valence-corrected chi connectivity index (χ1v) is 15.2. The monoisotopic (exact) mass is 516 g/mol. The summed E-state index contributed by atoms with van der Waals surface area (Å²) < 4.78 is 28.5. The molecule has 10 heteroatoms. The van der Waals surface area contributed by atoms with Crippen LogP contribution in [0.3, 0.4) is 0 Å². The van der Waals surface area contributed by atoms with E-state index in [0.717, 1.165) is 56.3 Å². The normalized spacial score (nSPS) is 27.3. The number of sulfonamides is 1. The molecule has 1 aromatic heterocycles. The van der Waals surface area contributed by atoms with E-state index in [1.54, 1.807) is 6.92 Å². The molecule has 3 saturated heterocycles. The first kappa shape index (κ1) is 25.6. The maximum absolute atomic E-state index is 13.3. The highest BCUT2D eigenvalue weighted by Crippen LogP contribution is 2.36. The molecule has 2 N–H and O–H groups in total. The molecule has 0 spiro atoms. The number of likely N-dealkylation sites (tertiary alicyclic amines) is 1. The van der Waals surface area contributed by atoms with Gasteiger partial charge in [-0.2, -0.15) is 5.10 Å². The van der Waals surface area contributed by atoms with Crippen LogP contribution in [0.5, 0.6) is 0 Å². The molecule has 1 aromatic carbocycles. The Balaban J connectivity index is 1.15. The van der Waals surface area contributed by atoms with E-state index in [1.165, 1.54) is 12.8 Å². The fraction of sp³-hybridized carbons (Fsp3) is 0.692. The van der Waals surface area contributed by atoms with Crippen LogP contribution in [0, 0.1) is 0 Å². The Hall–Kier alpha value is -2.01. The number of fused-ring (bicyclic) bond motifs is 3. The summed E-state index contributed by atoms with van der Waals surface area (Å²) in [5.74, 6) is 0.0647. The molecule has 3 fully saturated rings. The largest absolute Gasteiger partial charge is 0.348 e. The first-order valence-electron chi connectivity index (χ1n) is 13.5. The standard InChI is InChI=1S/C26H40N6O3S/c1-4-36(34,35)29-19-11-12-30(17-19)13-14-31-21-9-10-22(31)16-20(15-21)27-26(33)25-23-7-5-6-8-24(23)32(28-25)18(2)3/h5-8,18-22,29H,4,9-17H2,1-3H3,(H,27,33)/t19-,20?,21-,22+/m1/s1. The Morgan fingerprint density at radius 2 is 1.81 bits per heavy atom. The van der Waals surface area contributed by atoms with Crippen LogP contribution in [-0.2, 0) is 10.0 Å². The van der Waals surface area contributed by atoms with E-state index in [-0.39, 0.29) is 29.8 Å². The fourth-order valence-electron chi connectivity index (χ4n) is 6.39. The number of carbonyl (C=O) groups excluding carboxylic acids is 1. The predicted octanol–water partition coefficient (Wildman–Crippen LogP) is 2.36. The zero-order chi connectivity index (χ0) is 25.4. The molecule has 2 bridgehead atoms. The van der Waals surface area contributed by atoms with Crippen molar-refractivity contribution in [1.29, 1.82) is 0 Å². The molecular weight excluding hydrogens is 476 g/mol. The lowest BCUT2D eigenvalue weighted by Crippen LogP contribution is -2.52. The summed E-state index contributed by atoms with van der Waals surface area (Å²) in [4.78, 5) is 18.3. The van der Waals surface area contributed by atoms with Crippen LogP contribution in [0.25, 0.3) is 10.9 Å². The lowest BCUT2D eigenvalue weighted by atomic mass is 9.97. The Bertz CT molecular complexity index is 1180. The van der Waals surface area contributed by atoms with Crippen molar-refractivity contribution in [3.63, 3.8) is 0 Å². The molecule has 5 rings (SSSR count). The van der Waals surface area contributed by atoms with Crippen molar-refractivity contribution < 1.29 is 13.2 Å². The van der Waals surface area contributed by atoms with Gasteiger partial charge in [0.15, 0.2) is 5.69 Å². The molecule has 2 aromatic rings. The van der Waals surface area contributed by atoms with Gasteiger partial charge in [0.1, 0.15) is 0 Å². The molecule has 36 heavy (non-hydrogen) atoms. The number of rotatable bonds is 9. The second kappa shape index (κ2) is 10.4. The molecule has 1 amide bonds. The van der Waals surface area contributed by atoms with Crippen molar-refractivity contribution in [2.45, 2.75) is 83.1 Å². The molecule has 0 aliphatic carbocycles. The third-order valence-corrected chi connectivity index (χ3v) is 9.66. The average molecular weight is 517 g/mol. The van der Waals surface area contributed by atoms with Crippen LogP contribution >= 0.6 is 0 Å². The van der Waals surface area contributed by atoms with Crippen LogP contribution in [0.2, 0.25) is 0 Å². The molecule has 9 nitrogen and oxygen atoms in total. The number of benzene rings is 1. The number of piperidine rings is 1. The zero-order valence-corrected chi connectivity index (χ0v) is 22.5. The summed E-state index contributed by atoms with van der Waals surface area (Å²) in [6.07, 6.45) is 5.19. The van der Waals surface area contributed by atoms with E-state index in [0.29, 0.717) is 17.8 Å². The number of aromatic nitrogens is 2. The number of nitrogens with one attached hydrogen (secondary N) is 2. The second-order valence-corrected chi connectivity index (χ2v) is 13.0. The first-order chi connectivity index (χ1) is 17.2. The van der Waals surface area contributed by atoms with Gasteiger partial charge in [-0.25, -0.2) is 13.1 Å². The second-order valence-electron chi connectivity index (χ2n) is 11.0. The fourth-order valence-corrected chi connectivity index (χ4v) is 7.25. The van der Waals surface area contributed by atoms with Crippen LogP contribution in [0.1, 0.15) is 69.4 Å². The number of para-hydroxylation sites is 1. The molecule has 3 aliphatic rings. The van der Waals surface area contributed by atoms with Crippen molar-refractivity contribution in [2.24, 2.45) is 0 Å². The Morgan fingerprint density at radius 3 is 2.50 bits per heavy atom. The highest BCUT2D eigenvalue weighted by atomic mass is 32.2. The number of amides is 1. The average Bonchev–Trinajstić information content (AvgIpc) is 3.51. The van der Waals surface area contributed by atoms with Crippen LogP contribution in [0.15, 0.2) is 24.3 Å². The van der Waals surface area contributed by atoms with Crippen molar-refractivity contribution >= 4 is 26.8 Å². The topological polar surface area (TPSA) is 99.6 Å². The molecule has 0 radical (unpaired) electrons. The van der Waals surface area contributed by atoms with Gasteiger partial charge in [-0.1, -0.05) is 18.2 Å². The van der Waals surface area contributed by atoms with Gasteiger partial charge in [-0.15, -0.1) is 0 Å². The Morgan fingerprint density at radius 1 is 1.08 bits per heavy atom. The minimum absolute atomic E-state index is 0.0304. The highest BCUT2D eigenvalue weighted by Gasteiger charge is 2.41. The number of hydrogen-bond donors (Lipinski definition) is 2. The Labute approximate surface area is 214 Å². The van der Waals surface area contributed by atoms with E-state index >= 15 is 0 Å². The van der Waals surface area contributed by atoms with Gasteiger partial charge < -0.3 is 10.2 Å². The maximum Gasteiger partial charge on any atom is 0.272 e. The van der Waals surface area contributed by atoms with Gasteiger partial charge in [0.2, 0.25) is 10.0 Å². The van der Waals surface area contributed by atoms with Crippen molar-refractivity contribution in [1.82, 2.24) is 29.6 Å². The molecule has 198 valence electrons. The van der Waals surface area contributed by atoms with E-state index in [4.69, 9.17) is 0 Å². The Kier molecular flexibility index (Phi) is 7.40. The van der Waals surface area contributed by atoms with Crippen LogP contribution in [-0.4, -0.2) is 90.0 Å². The van der Waals surface area contributed by atoms with Gasteiger partial charge in [0.25, 0.3) is 5.91 Å². The third-order valence-electron chi connectivity index (χ3n) is 8.21. The van der Waals surface area contributed by atoms with Crippen LogP contribution in [0.4, 0.5) is 0 Å². The van der Waals surface area contributed by atoms with E-state index in [9.17, 15) is 13.2 Å². The van der Waals surface area contributed by atoms with Gasteiger partial charge in [-0.05, 0) is 65.5 Å². The molecular formula is C26H40N6O3S. The van der Waals surface area contributed by atoms with Crippen molar-refractivity contribution in [2.75, 3.05) is 31.9 Å². The number of carbonyl (C=O) groups is 1. The quantitative estimate of drug-likeness (QED) is 0.531. The predicted molar refractivity (Wildman–Crippen MR) is 142 cm³/mol.